The van der Waals surface area contributed by atoms with Gasteiger partial charge >= 0.3 is 12.1 Å². The zero-order valence-electron chi connectivity index (χ0n) is 16.1. The standard InChI is InChI=1S/C23H22F3NO2/c1-29-20(28)22-13-27-12-19(22)21(14-6-8-15(9-7-14)23(24,25)26)11-10-18(22)16-4-2-3-5-17(16)21/h2-9,18-19,27H,10-13H2,1H3. The van der Waals surface area contributed by atoms with Crippen LogP contribution in [-0.4, -0.2) is 26.2 Å². The molecule has 29 heavy (non-hydrogen) atoms. The smallest absolute Gasteiger partial charge is 0.416 e. The Morgan fingerprint density at radius 1 is 1.14 bits per heavy atom. The van der Waals surface area contributed by atoms with Crippen LogP contribution in [0.25, 0.3) is 0 Å². The Labute approximate surface area is 167 Å². The van der Waals surface area contributed by atoms with E-state index in [1.165, 1.54) is 7.11 Å². The minimum absolute atomic E-state index is 0.0578. The van der Waals surface area contributed by atoms with Gasteiger partial charge in [-0.2, -0.15) is 13.2 Å². The average Bonchev–Trinajstić information content (AvgIpc) is 3.21. The quantitative estimate of drug-likeness (QED) is 0.765. The van der Waals surface area contributed by atoms with E-state index >= 15 is 0 Å². The molecule has 0 amide bonds. The third-order valence-corrected chi connectivity index (χ3v) is 7.54. The van der Waals surface area contributed by atoms with E-state index < -0.39 is 22.6 Å². The predicted molar refractivity (Wildman–Crippen MR) is 101 cm³/mol. The number of methoxy groups -OCH3 is 1. The largest absolute Gasteiger partial charge is 0.469 e. The number of alkyl halides is 3. The van der Waals surface area contributed by atoms with Gasteiger partial charge in [-0.3, -0.25) is 4.79 Å². The molecule has 0 radical (unpaired) electrons. The lowest BCUT2D eigenvalue weighted by Crippen LogP contribution is -2.60. The lowest BCUT2D eigenvalue weighted by atomic mass is 9.42. The SMILES string of the molecule is COC(=O)C12CNCC1C1(c3ccc(C(F)(F)F)cc3)CCC2c2ccccc21. The maximum atomic E-state index is 13.1. The summed E-state index contributed by atoms with van der Waals surface area (Å²) < 4.78 is 44.7. The van der Waals surface area contributed by atoms with Crippen LogP contribution in [0, 0.1) is 11.3 Å². The van der Waals surface area contributed by atoms with Crippen molar-refractivity contribution in [2.24, 2.45) is 11.3 Å². The van der Waals surface area contributed by atoms with Crippen molar-refractivity contribution in [3.63, 3.8) is 0 Å². The molecule has 3 nitrogen and oxygen atoms in total. The molecule has 6 rings (SSSR count). The Bertz CT molecular complexity index is 971. The molecule has 6 heteroatoms. The number of benzene rings is 2. The second kappa shape index (κ2) is 6.08. The summed E-state index contributed by atoms with van der Waals surface area (Å²) in [4.78, 5) is 13.1. The second-order valence-electron chi connectivity index (χ2n) is 8.44. The number of halogens is 3. The molecule has 3 aliphatic carbocycles. The molecule has 4 atom stereocenters. The summed E-state index contributed by atoms with van der Waals surface area (Å²) in [6.45, 7) is 1.17. The maximum absolute atomic E-state index is 13.1. The van der Waals surface area contributed by atoms with Gasteiger partial charge in [0.1, 0.15) is 0 Å². The predicted octanol–water partition coefficient (Wildman–Crippen LogP) is 4.26. The molecule has 4 aliphatic rings. The van der Waals surface area contributed by atoms with E-state index in [0.717, 1.165) is 41.7 Å². The second-order valence-corrected chi connectivity index (χ2v) is 8.44. The molecule has 0 spiro atoms. The first-order valence-electron chi connectivity index (χ1n) is 9.92. The minimum Gasteiger partial charge on any atom is -0.469 e. The van der Waals surface area contributed by atoms with Crippen molar-refractivity contribution in [1.29, 1.82) is 0 Å². The molecular weight excluding hydrogens is 379 g/mol. The molecule has 2 aromatic rings. The van der Waals surface area contributed by atoms with E-state index in [1.807, 2.05) is 12.1 Å². The Hall–Kier alpha value is -2.34. The van der Waals surface area contributed by atoms with Crippen LogP contribution in [-0.2, 0) is 21.1 Å². The van der Waals surface area contributed by atoms with Crippen molar-refractivity contribution in [3.05, 3.63) is 70.8 Å². The van der Waals surface area contributed by atoms with E-state index in [1.54, 1.807) is 12.1 Å². The van der Waals surface area contributed by atoms with Gasteiger partial charge in [0.25, 0.3) is 0 Å². The first-order chi connectivity index (χ1) is 13.9. The van der Waals surface area contributed by atoms with Crippen LogP contribution in [0.3, 0.4) is 0 Å². The van der Waals surface area contributed by atoms with Crippen molar-refractivity contribution >= 4 is 5.97 Å². The minimum atomic E-state index is -4.37. The molecule has 2 fully saturated rings. The van der Waals surface area contributed by atoms with Gasteiger partial charge in [0.2, 0.25) is 0 Å². The summed E-state index contributed by atoms with van der Waals surface area (Å²) in [6, 6.07) is 13.6. The van der Waals surface area contributed by atoms with Crippen LogP contribution >= 0.6 is 0 Å². The Kier molecular flexibility index (Phi) is 3.92. The molecule has 1 saturated carbocycles. The Balaban J connectivity index is 1.75. The lowest BCUT2D eigenvalue weighted by molar-refractivity contribution is -0.161. The Morgan fingerprint density at radius 3 is 2.55 bits per heavy atom. The van der Waals surface area contributed by atoms with Crippen LogP contribution in [0.2, 0.25) is 0 Å². The number of hydrogen-bond acceptors (Lipinski definition) is 3. The fourth-order valence-electron chi connectivity index (χ4n) is 6.48. The number of hydrogen-bond donors (Lipinski definition) is 1. The van der Waals surface area contributed by atoms with Gasteiger partial charge in [0, 0.05) is 30.3 Å². The summed E-state index contributed by atoms with van der Waals surface area (Å²) in [6.07, 6.45) is -2.75. The fraction of sp³-hybridized carbons (Fsp3) is 0.435. The maximum Gasteiger partial charge on any atom is 0.416 e. The number of fused-ring (bicyclic) bond motifs is 1. The normalized spacial score (nSPS) is 32.6. The third-order valence-electron chi connectivity index (χ3n) is 7.54. The number of rotatable bonds is 2. The molecule has 1 aliphatic heterocycles. The summed E-state index contributed by atoms with van der Waals surface area (Å²) in [5, 5.41) is 3.41. The summed E-state index contributed by atoms with van der Waals surface area (Å²) in [5.74, 6) is -0.224. The van der Waals surface area contributed by atoms with Crippen molar-refractivity contribution in [3.8, 4) is 0 Å². The molecule has 1 heterocycles. The van der Waals surface area contributed by atoms with Crippen LogP contribution in [0.15, 0.2) is 48.5 Å². The van der Waals surface area contributed by atoms with Gasteiger partial charge in [-0.25, -0.2) is 0 Å². The molecule has 4 unspecified atom stereocenters. The van der Waals surface area contributed by atoms with Crippen molar-refractivity contribution in [2.45, 2.75) is 30.4 Å². The first-order valence-corrected chi connectivity index (χ1v) is 9.92. The van der Waals surface area contributed by atoms with Gasteiger partial charge in [0.05, 0.1) is 18.1 Å². The highest BCUT2D eigenvalue weighted by atomic mass is 19.4. The Morgan fingerprint density at radius 2 is 1.86 bits per heavy atom. The molecule has 0 aromatic heterocycles. The van der Waals surface area contributed by atoms with E-state index in [4.69, 9.17) is 4.74 Å². The first kappa shape index (κ1) is 18.7. The zero-order valence-corrected chi connectivity index (χ0v) is 16.1. The summed E-state index contributed by atoms with van der Waals surface area (Å²) in [5.41, 5.74) is 1.27. The average molecular weight is 401 g/mol. The van der Waals surface area contributed by atoms with E-state index in [0.29, 0.717) is 13.1 Å². The van der Waals surface area contributed by atoms with Gasteiger partial charge in [-0.15, -0.1) is 0 Å². The molecule has 2 aromatic carbocycles. The van der Waals surface area contributed by atoms with Crippen molar-refractivity contribution < 1.29 is 22.7 Å². The van der Waals surface area contributed by atoms with Crippen LogP contribution in [0.4, 0.5) is 13.2 Å². The monoisotopic (exact) mass is 401 g/mol. The summed E-state index contributed by atoms with van der Waals surface area (Å²) in [7, 11) is 1.42. The fourth-order valence-corrected chi connectivity index (χ4v) is 6.48. The highest BCUT2D eigenvalue weighted by Gasteiger charge is 2.69. The highest BCUT2D eigenvalue weighted by Crippen LogP contribution is 2.68. The van der Waals surface area contributed by atoms with E-state index in [2.05, 4.69) is 17.4 Å². The highest BCUT2D eigenvalue weighted by molar-refractivity contribution is 5.82. The molecule has 1 saturated heterocycles. The van der Waals surface area contributed by atoms with Crippen LogP contribution in [0.1, 0.15) is 41.0 Å². The van der Waals surface area contributed by atoms with Gasteiger partial charge in [0.15, 0.2) is 0 Å². The zero-order chi connectivity index (χ0) is 20.4. The molecule has 152 valence electrons. The molecule has 1 N–H and O–H groups in total. The lowest BCUT2D eigenvalue weighted by Gasteiger charge is -2.59. The number of carbonyl (C=O) groups is 1. The van der Waals surface area contributed by atoms with Crippen molar-refractivity contribution in [2.75, 3.05) is 20.2 Å². The molecular formula is C23H22F3NO2. The number of esters is 1. The van der Waals surface area contributed by atoms with Crippen LogP contribution < -0.4 is 5.32 Å². The number of ether oxygens (including phenoxy) is 1. The van der Waals surface area contributed by atoms with Crippen molar-refractivity contribution in [1.82, 2.24) is 5.32 Å². The summed E-state index contributed by atoms with van der Waals surface area (Å²) >= 11 is 0. The van der Waals surface area contributed by atoms with E-state index in [-0.39, 0.29) is 17.8 Å². The van der Waals surface area contributed by atoms with Crippen LogP contribution in [0.5, 0.6) is 0 Å². The van der Waals surface area contributed by atoms with Gasteiger partial charge in [-0.1, -0.05) is 36.4 Å². The topological polar surface area (TPSA) is 38.3 Å². The third kappa shape index (κ3) is 2.26. The van der Waals surface area contributed by atoms with Gasteiger partial charge in [-0.05, 0) is 41.7 Å². The van der Waals surface area contributed by atoms with E-state index in [9.17, 15) is 18.0 Å². The number of nitrogens with one attached hydrogen (secondary N) is 1. The molecule has 2 bridgehead atoms. The number of carbonyl (C=O) groups excluding carboxylic acids is 1. The van der Waals surface area contributed by atoms with Gasteiger partial charge < -0.3 is 10.1 Å².